The minimum atomic E-state index is -3.38. The zero-order valence-electron chi connectivity index (χ0n) is 16.5. The van der Waals surface area contributed by atoms with E-state index in [1.54, 1.807) is 6.20 Å². The Morgan fingerprint density at radius 3 is 2.70 bits per heavy atom. The molecule has 1 N–H and O–H groups in total. The molecule has 0 aromatic carbocycles. The molecule has 0 radical (unpaired) electrons. The monoisotopic (exact) mass is 396 g/mol. The van der Waals surface area contributed by atoms with Crippen LogP contribution in [0.5, 0.6) is 0 Å². The van der Waals surface area contributed by atoms with E-state index >= 15 is 0 Å². The molecule has 1 unspecified atom stereocenters. The van der Waals surface area contributed by atoms with Gasteiger partial charge in [0.15, 0.2) is 0 Å². The second kappa shape index (κ2) is 8.73. The summed E-state index contributed by atoms with van der Waals surface area (Å²) in [5.41, 5.74) is 0.892. The number of piperazine rings is 1. The minimum Gasteiger partial charge on any atom is -0.353 e. The van der Waals surface area contributed by atoms with Gasteiger partial charge in [0.2, 0.25) is 20.9 Å². The molecule has 152 valence electrons. The van der Waals surface area contributed by atoms with Gasteiger partial charge in [-0.2, -0.15) is 0 Å². The van der Waals surface area contributed by atoms with Gasteiger partial charge in [0.1, 0.15) is 0 Å². The van der Waals surface area contributed by atoms with Gasteiger partial charge in [0.25, 0.3) is 0 Å². The van der Waals surface area contributed by atoms with Crippen LogP contribution in [0.15, 0.2) is 11.4 Å². The van der Waals surface area contributed by atoms with E-state index in [1.165, 1.54) is 0 Å². The van der Waals surface area contributed by atoms with E-state index in [1.807, 2.05) is 11.5 Å². The fourth-order valence-corrected chi connectivity index (χ4v) is 5.83. The van der Waals surface area contributed by atoms with Crippen molar-refractivity contribution in [1.82, 2.24) is 19.8 Å². The summed E-state index contributed by atoms with van der Waals surface area (Å²) in [6.45, 7) is 6.72. The maximum Gasteiger partial charge on any atom is 0.237 e. The van der Waals surface area contributed by atoms with Crippen LogP contribution in [0.4, 0.5) is 0 Å². The number of sulfone groups is 1. The standard InChI is InChI=1S/C19H32N4O3S/c1-3-5-10-23-16(13-22-11-9-20-18(24)17(22)4-2)12-21-19(23)27(25,26)14-15-7-6-8-15/h12,15,17H,3-11,13-14H2,1-2H3,(H,20,24). The van der Waals surface area contributed by atoms with Crippen LogP contribution in [-0.2, 0) is 27.7 Å². The van der Waals surface area contributed by atoms with Gasteiger partial charge in [0, 0.05) is 26.2 Å². The van der Waals surface area contributed by atoms with E-state index in [2.05, 4.69) is 22.1 Å². The van der Waals surface area contributed by atoms with Gasteiger partial charge in [0.05, 0.1) is 23.7 Å². The molecule has 1 aliphatic heterocycles. The lowest BCUT2D eigenvalue weighted by molar-refractivity contribution is -0.129. The number of nitrogens with one attached hydrogen (secondary N) is 1. The van der Waals surface area contributed by atoms with Gasteiger partial charge < -0.3 is 9.88 Å². The Morgan fingerprint density at radius 1 is 1.30 bits per heavy atom. The third-order valence-corrected chi connectivity index (χ3v) is 7.58. The molecule has 1 atom stereocenters. The van der Waals surface area contributed by atoms with Gasteiger partial charge in [-0.15, -0.1) is 0 Å². The van der Waals surface area contributed by atoms with Crippen LogP contribution in [0.3, 0.4) is 0 Å². The molecule has 7 nitrogen and oxygen atoms in total. The summed E-state index contributed by atoms with van der Waals surface area (Å²) < 4.78 is 27.8. The Balaban J connectivity index is 1.84. The summed E-state index contributed by atoms with van der Waals surface area (Å²) in [5, 5.41) is 3.13. The van der Waals surface area contributed by atoms with Crippen molar-refractivity contribution < 1.29 is 13.2 Å². The number of nitrogens with zero attached hydrogens (tertiary/aromatic N) is 3. The summed E-state index contributed by atoms with van der Waals surface area (Å²) in [6.07, 6.45) is 7.47. The normalized spacial score (nSPS) is 21.9. The molecule has 1 aliphatic carbocycles. The fraction of sp³-hybridized carbons (Fsp3) is 0.789. The Labute approximate surface area is 162 Å². The van der Waals surface area contributed by atoms with Gasteiger partial charge in [-0.3, -0.25) is 9.69 Å². The van der Waals surface area contributed by atoms with Crippen molar-refractivity contribution in [3.63, 3.8) is 0 Å². The highest BCUT2D eigenvalue weighted by molar-refractivity contribution is 7.91. The first-order valence-electron chi connectivity index (χ1n) is 10.2. The summed E-state index contributed by atoms with van der Waals surface area (Å²) >= 11 is 0. The van der Waals surface area contributed by atoms with Crippen molar-refractivity contribution in [2.75, 3.05) is 18.8 Å². The summed E-state index contributed by atoms with van der Waals surface area (Å²) in [5.74, 6) is 0.547. The number of aromatic nitrogens is 2. The predicted octanol–water partition coefficient (Wildman–Crippen LogP) is 1.97. The maximum absolute atomic E-state index is 12.9. The number of amides is 1. The van der Waals surface area contributed by atoms with E-state index in [9.17, 15) is 13.2 Å². The molecular formula is C19H32N4O3S. The molecule has 2 fully saturated rings. The van der Waals surface area contributed by atoms with Gasteiger partial charge in [-0.05, 0) is 31.6 Å². The number of hydrogen-bond donors (Lipinski definition) is 1. The van der Waals surface area contributed by atoms with Crippen LogP contribution >= 0.6 is 0 Å². The van der Waals surface area contributed by atoms with Crippen LogP contribution in [0.25, 0.3) is 0 Å². The molecular weight excluding hydrogens is 364 g/mol. The predicted molar refractivity (Wildman–Crippen MR) is 104 cm³/mol. The molecule has 2 heterocycles. The minimum absolute atomic E-state index is 0.0567. The zero-order valence-corrected chi connectivity index (χ0v) is 17.3. The number of rotatable bonds is 9. The molecule has 0 spiro atoms. The lowest BCUT2D eigenvalue weighted by Gasteiger charge is -2.34. The maximum atomic E-state index is 12.9. The average molecular weight is 397 g/mol. The second-order valence-electron chi connectivity index (χ2n) is 7.80. The molecule has 1 saturated heterocycles. The molecule has 3 rings (SSSR count). The quantitative estimate of drug-likeness (QED) is 0.690. The van der Waals surface area contributed by atoms with Crippen LogP contribution in [0.1, 0.15) is 58.1 Å². The van der Waals surface area contributed by atoms with E-state index in [0.29, 0.717) is 19.6 Å². The third kappa shape index (κ3) is 4.54. The average Bonchev–Trinajstić information content (AvgIpc) is 3.00. The molecule has 0 bridgehead atoms. The van der Waals surface area contributed by atoms with E-state index in [-0.39, 0.29) is 28.8 Å². The van der Waals surface area contributed by atoms with E-state index in [0.717, 1.165) is 50.8 Å². The lowest BCUT2D eigenvalue weighted by atomic mass is 9.87. The Kier molecular flexibility index (Phi) is 6.57. The Bertz CT molecular complexity index is 755. The fourth-order valence-electron chi connectivity index (χ4n) is 3.97. The smallest absolute Gasteiger partial charge is 0.237 e. The van der Waals surface area contributed by atoms with Crippen molar-refractivity contribution >= 4 is 15.7 Å². The summed E-state index contributed by atoms with van der Waals surface area (Å²) in [6, 6.07) is -0.164. The van der Waals surface area contributed by atoms with Gasteiger partial charge >= 0.3 is 0 Å². The summed E-state index contributed by atoms with van der Waals surface area (Å²) in [4.78, 5) is 18.6. The van der Waals surface area contributed by atoms with Crippen molar-refractivity contribution in [2.45, 2.75) is 76.7 Å². The molecule has 1 saturated carbocycles. The number of imidazole rings is 1. The highest BCUT2D eigenvalue weighted by atomic mass is 32.2. The first kappa shape index (κ1) is 20.3. The Hall–Kier alpha value is -1.41. The number of carbonyl (C=O) groups excluding carboxylic acids is 1. The van der Waals surface area contributed by atoms with Crippen LogP contribution in [0, 0.1) is 5.92 Å². The lowest BCUT2D eigenvalue weighted by Crippen LogP contribution is -2.54. The Morgan fingerprint density at radius 2 is 2.07 bits per heavy atom. The molecule has 1 amide bonds. The number of unbranched alkanes of at least 4 members (excludes halogenated alkanes) is 1. The van der Waals surface area contributed by atoms with Gasteiger partial charge in [-0.1, -0.05) is 26.7 Å². The first-order chi connectivity index (χ1) is 13.0. The highest BCUT2D eigenvalue weighted by Crippen LogP contribution is 2.30. The molecule has 1 aromatic heterocycles. The van der Waals surface area contributed by atoms with Crippen molar-refractivity contribution in [3.8, 4) is 0 Å². The van der Waals surface area contributed by atoms with Crippen molar-refractivity contribution in [3.05, 3.63) is 11.9 Å². The van der Waals surface area contributed by atoms with Crippen LogP contribution in [-0.4, -0.2) is 53.7 Å². The number of carbonyl (C=O) groups is 1. The molecule has 2 aliphatic rings. The van der Waals surface area contributed by atoms with E-state index < -0.39 is 9.84 Å². The van der Waals surface area contributed by atoms with Crippen LogP contribution in [0.2, 0.25) is 0 Å². The second-order valence-corrected chi connectivity index (χ2v) is 9.73. The largest absolute Gasteiger partial charge is 0.353 e. The molecule has 1 aromatic rings. The van der Waals surface area contributed by atoms with E-state index in [4.69, 9.17) is 0 Å². The third-order valence-electron chi connectivity index (χ3n) is 5.79. The number of hydrogen-bond acceptors (Lipinski definition) is 5. The summed E-state index contributed by atoms with van der Waals surface area (Å²) in [7, 11) is -3.38. The molecule has 27 heavy (non-hydrogen) atoms. The van der Waals surface area contributed by atoms with Crippen molar-refractivity contribution in [1.29, 1.82) is 0 Å². The topological polar surface area (TPSA) is 84.3 Å². The SMILES string of the molecule is CCCCn1c(CN2CCNC(=O)C2CC)cnc1S(=O)(=O)CC1CCC1. The van der Waals surface area contributed by atoms with Crippen molar-refractivity contribution in [2.24, 2.45) is 5.92 Å². The van der Waals surface area contributed by atoms with Crippen LogP contribution < -0.4 is 5.32 Å². The highest BCUT2D eigenvalue weighted by Gasteiger charge is 2.32. The van der Waals surface area contributed by atoms with Gasteiger partial charge in [-0.25, -0.2) is 13.4 Å². The zero-order chi connectivity index (χ0) is 19.4. The molecule has 8 heteroatoms. The first-order valence-corrected chi connectivity index (χ1v) is 11.9.